The summed E-state index contributed by atoms with van der Waals surface area (Å²) in [5, 5.41) is 1.16. The standard InChI is InChI=1S/C12H15Br/c1-10-4-2-3-5-11(10)8-12(9-13)6-7-12/h2-5H,6-9H2,1H3. The van der Waals surface area contributed by atoms with E-state index in [0.717, 1.165) is 5.33 Å². The average Bonchev–Trinajstić information content (AvgIpc) is 2.90. The first-order valence-corrected chi connectivity index (χ1v) is 5.98. The molecule has 0 nitrogen and oxygen atoms in total. The van der Waals surface area contributed by atoms with E-state index in [0.29, 0.717) is 5.41 Å². The Kier molecular flexibility index (Phi) is 2.46. The first-order valence-electron chi connectivity index (χ1n) is 4.86. The Bertz CT molecular complexity index is 300. The molecule has 0 amide bonds. The summed E-state index contributed by atoms with van der Waals surface area (Å²) in [6.07, 6.45) is 4.05. The fourth-order valence-corrected chi connectivity index (χ4v) is 2.51. The molecule has 2 rings (SSSR count). The predicted octanol–water partition coefficient (Wildman–Crippen LogP) is 3.71. The summed E-state index contributed by atoms with van der Waals surface area (Å²) < 4.78 is 0. The third-order valence-corrected chi connectivity index (χ3v) is 4.26. The van der Waals surface area contributed by atoms with E-state index in [1.807, 2.05) is 0 Å². The summed E-state index contributed by atoms with van der Waals surface area (Å²) in [4.78, 5) is 0. The van der Waals surface area contributed by atoms with Crippen molar-refractivity contribution >= 4 is 15.9 Å². The minimum Gasteiger partial charge on any atom is -0.0922 e. The van der Waals surface area contributed by atoms with Gasteiger partial charge in [0, 0.05) is 5.33 Å². The van der Waals surface area contributed by atoms with Crippen molar-refractivity contribution in [3.8, 4) is 0 Å². The fraction of sp³-hybridized carbons (Fsp3) is 0.500. The molecule has 1 fully saturated rings. The van der Waals surface area contributed by atoms with Gasteiger partial charge in [0.15, 0.2) is 0 Å². The average molecular weight is 239 g/mol. The maximum atomic E-state index is 3.62. The molecule has 0 aromatic heterocycles. The Morgan fingerprint density at radius 1 is 1.31 bits per heavy atom. The van der Waals surface area contributed by atoms with E-state index in [4.69, 9.17) is 0 Å². The van der Waals surface area contributed by atoms with Crippen molar-refractivity contribution in [1.82, 2.24) is 0 Å². The van der Waals surface area contributed by atoms with Gasteiger partial charge in [-0.15, -0.1) is 0 Å². The van der Waals surface area contributed by atoms with Gasteiger partial charge in [0.2, 0.25) is 0 Å². The lowest BCUT2D eigenvalue weighted by molar-refractivity contribution is 0.584. The fourth-order valence-electron chi connectivity index (χ4n) is 1.75. The molecule has 1 saturated carbocycles. The van der Waals surface area contributed by atoms with E-state index in [9.17, 15) is 0 Å². The number of alkyl halides is 1. The van der Waals surface area contributed by atoms with Crippen LogP contribution in [0.2, 0.25) is 0 Å². The largest absolute Gasteiger partial charge is 0.0922 e. The zero-order valence-electron chi connectivity index (χ0n) is 8.02. The molecule has 1 aliphatic rings. The number of hydrogen-bond donors (Lipinski definition) is 0. The highest BCUT2D eigenvalue weighted by molar-refractivity contribution is 9.09. The van der Waals surface area contributed by atoms with Crippen LogP contribution in [-0.2, 0) is 6.42 Å². The van der Waals surface area contributed by atoms with E-state index in [2.05, 4.69) is 47.1 Å². The van der Waals surface area contributed by atoms with Gasteiger partial charge < -0.3 is 0 Å². The summed E-state index contributed by atoms with van der Waals surface area (Å²) in [5.74, 6) is 0. The van der Waals surface area contributed by atoms with Crippen LogP contribution >= 0.6 is 15.9 Å². The van der Waals surface area contributed by atoms with E-state index < -0.39 is 0 Å². The van der Waals surface area contributed by atoms with Crippen LogP contribution in [0.3, 0.4) is 0 Å². The highest BCUT2D eigenvalue weighted by Crippen LogP contribution is 2.49. The molecule has 0 unspecified atom stereocenters. The smallest absolute Gasteiger partial charge is 0.00911 e. The van der Waals surface area contributed by atoms with Gasteiger partial charge >= 0.3 is 0 Å². The normalized spacial score (nSPS) is 18.6. The second-order valence-electron chi connectivity index (χ2n) is 4.24. The van der Waals surface area contributed by atoms with Gasteiger partial charge in [-0.2, -0.15) is 0 Å². The first kappa shape index (κ1) is 9.26. The lowest BCUT2D eigenvalue weighted by Gasteiger charge is -2.12. The predicted molar refractivity (Wildman–Crippen MR) is 60.3 cm³/mol. The Morgan fingerprint density at radius 3 is 2.54 bits per heavy atom. The molecule has 0 N–H and O–H groups in total. The minimum absolute atomic E-state index is 0.603. The molecule has 1 aliphatic carbocycles. The van der Waals surface area contributed by atoms with Gasteiger partial charge in [0.1, 0.15) is 0 Å². The Morgan fingerprint density at radius 2 is 2.00 bits per heavy atom. The third kappa shape index (κ3) is 1.96. The molecule has 1 aromatic rings. The number of benzene rings is 1. The van der Waals surface area contributed by atoms with Crippen molar-refractivity contribution in [2.24, 2.45) is 5.41 Å². The molecule has 1 aromatic carbocycles. The highest BCUT2D eigenvalue weighted by Gasteiger charge is 2.41. The van der Waals surface area contributed by atoms with Gasteiger partial charge in [0.25, 0.3) is 0 Å². The van der Waals surface area contributed by atoms with Crippen molar-refractivity contribution in [3.63, 3.8) is 0 Å². The summed E-state index contributed by atoms with van der Waals surface area (Å²) in [5.41, 5.74) is 3.57. The zero-order chi connectivity index (χ0) is 9.31. The first-order chi connectivity index (χ1) is 6.26. The monoisotopic (exact) mass is 238 g/mol. The number of hydrogen-bond acceptors (Lipinski definition) is 0. The molecule has 0 aliphatic heterocycles. The van der Waals surface area contributed by atoms with Gasteiger partial charge in [-0.25, -0.2) is 0 Å². The SMILES string of the molecule is Cc1ccccc1CC1(CBr)CC1. The van der Waals surface area contributed by atoms with Crippen molar-refractivity contribution in [2.75, 3.05) is 5.33 Å². The Balaban J connectivity index is 2.14. The van der Waals surface area contributed by atoms with Crippen LogP contribution in [0.1, 0.15) is 24.0 Å². The van der Waals surface area contributed by atoms with Crippen molar-refractivity contribution in [3.05, 3.63) is 35.4 Å². The molecule has 0 saturated heterocycles. The number of rotatable bonds is 3. The van der Waals surface area contributed by atoms with E-state index >= 15 is 0 Å². The minimum atomic E-state index is 0.603. The third-order valence-electron chi connectivity index (χ3n) is 3.07. The lowest BCUT2D eigenvalue weighted by atomic mass is 9.95. The van der Waals surface area contributed by atoms with Crippen molar-refractivity contribution in [1.29, 1.82) is 0 Å². The number of aryl methyl sites for hydroxylation is 1. The molecule has 70 valence electrons. The van der Waals surface area contributed by atoms with Crippen LogP contribution < -0.4 is 0 Å². The van der Waals surface area contributed by atoms with Crippen molar-refractivity contribution in [2.45, 2.75) is 26.2 Å². The van der Waals surface area contributed by atoms with Gasteiger partial charge in [-0.3, -0.25) is 0 Å². The maximum Gasteiger partial charge on any atom is 0.00911 e. The van der Waals surface area contributed by atoms with E-state index in [-0.39, 0.29) is 0 Å². The highest BCUT2D eigenvalue weighted by atomic mass is 79.9. The van der Waals surface area contributed by atoms with E-state index in [1.54, 1.807) is 0 Å². The van der Waals surface area contributed by atoms with Gasteiger partial charge in [-0.05, 0) is 42.7 Å². The summed E-state index contributed by atoms with van der Waals surface area (Å²) in [6.45, 7) is 2.21. The molecule has 0 spiro atoms. The maximum absolute atomic E-state index is 3.62. The Labute approximate surface area is 88.5 Å². The van der Waals surface area contributed by atoms with E-state index in [1.165, 1.54) is 30.4 Å². The number of halogens is 1. The van der Waals surface area contributed by atoms with Crippen LogP contribution in [0.5, 0.6) is 0 Å². The van der Waals surface area contributed by atoms with Crippen LogP contribution in [0.15, 0.2) is 24.3 Å². The van der Waals surface area contributed by atoms with Crippen LogP contribution in [-0.4, -0.2) is 5.33 Å². The van der Waals surface area contributed by atoms with Crippen LogP contribution in [0, 0.1) is 12.3 Å². The second-order valence-corrected chi connectivity index (χ2v) is 4.80. The zero-order valence-corrected chi connectivity index (χ0v) is 9.60. The second kappa shape index (κ2) is 3.45. The molecule has 13 heavy (non-hydrogen) atoms. The molecule has 0 heterocycles. The van der Waals surface area contributed by atoms with Gasteiger partial charge in [-0.1, -0.05) is 40.2 Å². The summed E-state index contributed by atoms with van der Waals surface area (Å²) in [7, 11) is 0. The van der Waals surface area contributed by atoms with Crippen LogP contribution in [0.25, 0.3) is 0 Å². The molecular weight excluding hydrogens is 224 g/mol. The molecule has 0 atom stereocenters. The molecule has 0 radical (unpaired) electrons. The molecule has 1 heteroatoms. The topological polar surface area (TPSA) is 0 Å². The summed E-state index contributed by atoms with van der Waals surface area (Å²) in [6, 6.07) is 8.73. The Hall–Kier alpha value is -0.300. The van der Waals surface area contributed by atoms with Crippen molar-refractivity contribution < 1.29 is 0 Å². The quantitative estimate of drug-likeness (QED) is 0.705. The molecule has 0 bridgehead atoms. The summed E-state index contributed by atoms with van der Waals surface area (Å²) >= 11 is 3.62. The molecular formula is C12H15Br. The lowest BCUT2D eigenvalue weighted by Crippen LogP contribution is -2.07. The van der Waals surface area contributed by atoms with Crippen LogP contribution in [0.4, 0.5) is 0 Å². The van der Waals surface area contributed by atoms with Gasteiger partial charge in [0.05, 0.1) is 0 Å².